The summed E-state index contributed by atoms with van der Waals surface area (Å²) in [5.74, 6) is 0.830. The number of ether oxygens (including phenoxy) is 3. The molecule has 0 amide bonds. The second kappa shape index (κ2) is 7.06. The van der Waals surface area contributed by atoms with Crippen LogP contribution in [0.4, 0.5) is 0 Å². The van der Waals surface area contributed by atoms with Gasteiger partial charge in [0, 0.05) is 16.9 Å². The smallest absolute Gasteiger partial charge is 0.119 e. The van der Waals surface area contributed by atoms with E-state index in [1.165, 1.54) is 0 Å². The maximum Gasteiger partial charge on any atom is 0.119 e. The van der Waals surface area contributed by atoms with E-state index in [4.69, 9.17) is 14.2 Å². The summed E-state index contributed by atoms with van der Waals surface area (Å²) in [6.07, 6.45) is 3.64. The van der Waals surface area contributed by atoms with E-state index in [1.54, 1.807) is 6.20 Å². The number of rotatable bonds is 5. The number of nitrogens with zero attached hydrogens (tertiary/aromatic N) is 2. The molecule has 0 bridgehead atoms. The fraction of sp³-hybridized carbons (Fsp3) is 0.400. The Kier molecular flexibility index (Phi) is 4.90. The van der Waals surface area contributed by atoms with Gasteiger partial charge >= 0.3 is 0 Å². The zero-order valence-electron chi connectivity index (χ0n) is 11.5. The topological polar surface area (TPSA) is 45.5 Å². The van der Waals surface area contributed by atoms with Crippen LogP contribution in [0.15, 0.2) is 47.2 Å². The Morgan fingerprint density at radius 1 is 1.24 bits per heavy atom. The van der Waals surface area contributed by atoms with E-state index in [0.717, 1.165) is 10.2 Å². The van der Waals surface area contributed by atoms with Crippen LogP contribution in [-0.4, -0.2) is 41.8 Å². The van der Waals surface area contributed by atoms with Crippen LogP contribution >= 0.6 is 15.9 Å². The van der Waals surface area contributed by atoms with Crippen LogP contribution in [0, 0.1) is 0 Å². The molecule has 1 saturated heterocycles. The molecule has 2 unspecified atom stereocenters. The van der Waals surface area contributed by atoms with E-state index >= 15 is 0 Å². The van der Waals surface area contributed by atoms with Crippen molar-refractivity contribution in [3.63, 3.8) is 0 Å². The molecule has 1 aromatic heterocycles. The van der Waals surface area contributed by atoms with Crippen molar-refractivity contribution in [1.82, 2.24) is 9.78 Å². The van der Waals surface area contributed by atoms with E-state index < -0.39 is 0 Å². The zero-order valence-corrected chi connectivity index (χ0v) is 13.1. The SMILES string of the molecule is Brc1ccc(OCC2COCC(Cn3cccn3)O2)cc1. The fourth-order valence-corrected chi connectivity index (χ4v) is 2.47. The van der Waals surface area contributed by atoms with E-state index in [2.05, 4.69) is 21.0 Å². The zero-order chi connectivity index (χ0) is 14.5. The molecule has 1 aromatic carbocycles. The third-order valence-corrected chi connectivity index (χ3v) is 3.72. The fourth-order valence-electron chi connectivity index (χ4n) is 2.20. The van der Waals surface area contributed by atoms with Crippen molar-refractivity contribution in [2.45, 2.75) is 18.8 Å². The van der Waals surface area contributed by atoms with Gasteiger partial charge in [-0.1, -0.05) is 15.9 Å². The van der Waals surface area contributed by atoms with Crippen LogP contribution in [0.2, 0.25) is 0 Å². The van der Waals surface area contributed by atoms with E-state index in [1.807, 2.05) is 41.2 Å². The lowest BCUT2D eigenvalue weighted by atomic mass is 10.3. The lowest BCUT2D eigenvalue weighted by molar-refractivity contribution is -0.152. The summed E-state index contributed by atoms with van der Waals surface area (Å²) < 4.78 is 20.2. The lowest BCUT2D eigenvalue weighted by Crippen LogP contribution is -2.41. The Morgan fingerprint density at radius 2 is 2.05 bits per heavy atom. The highest BCUT2D eigenvalue weighted by Gasteiger charge is 2.24. The molecule has 1 aliphatic heterocycles. The molecule has 112 valence electrons. The van der Waals surface area contributed by atoms with E-state index in [9.17, 15) is 0 Å². The minimum Gasteiger partial charge on any atom is -0.491 e. The molecule has 6 heteroatoms. The largest absolute Gasteiger partial charge is 0.491 e. The van der Waals surface area contributed by atoms with Gasteiger partial charge in [0.25, 0.3) is 0 Å². The molecule has 1 aliphatic rings. The summed E-state index contributed by atoms with van der Waals surface area (Å²) in [4.78, 5) is 0. The van der Waals surface area contributed by atoms with E-state index in [0.29, 0.717) is 26.4 Å². The molecule has 0 spiro atoms. The van der Waals surface area contributed by atoms with Crippen LogP contribution in [0.5, 0.6) is 5.75 Å². The van der Waals surface area contributed by atoms with Gasteiger partial charge in [-0.25, -0.2) is 0 Å². The molecule has 3 rings (SSSR count). The van der Waals surface area contributed by atoms with Gasteiger partial charge in [-0.05, 0) is 30.3 Å². The molecule has 0 saturated carbocycles. The first-order valence-electron chi connectivity index (χ1n) is 6.88. The lowest BCUT2D eigenvalue weighted by Gasteiger charge is -2.30. The molecule has 0 radical (unpaired) electrons. The second-order valence-corrected chi connectivity index (χ2v) is 5.83. The number of hydrogen-bond acceptors (Lipinski definition) is 4. The van der Waals surface area contributed by atoms with Gasteiger partial charge < -0.3 is 14.2 Å². The Hall–Kier alpha value is -1.37. The monoisotopic (exact) mass is 352 g/mol. The van der Waals surface area contributed by atoms with Gasteiger partial charge in [0.2, 0.25) is 0 Å². The van der Waals surface area contributed by atoms with Crippen molar-refractivity contribution < 1.29 is 14.2 Å². The van der Waals surface area contributed by atoms with Crippen molar-refractivity contribution in [1.29, 1.82) is 0 Å². The molecule has 5 nitrogen and oxygen atoms in total. The third-order valence-electron chi connectivity index (χ3n) is 3.19. The number of hydrogen-bond donors (Lipinski definition) is 0. The first-order valence-corrected chi connectivity index (χ1v) is 7.68. The first kappa shape index (κ1) is 14.6. The maximum absolute atomic E-state index is 5.99. The van der Waals surface area contributed by atoms with Crippen LogP contribution in [0.1, 0.15) is 0 Å². The minimum absolute atomic E-state index is 0.0113. The molecule has 21 heavy (non-hydrogen) atoms. The van der Waals surface area contributed by atoms with Crippen molar-refractivity contribution >= 4 is 15.9 Å². The maximum atomic E-state index is 5.99. The predicted molar refractivity (Wildman–Crippen MR) is 81.3 cm³/mol. The summed E-state index contributed by atoms with van der Waals surface area (Å²) in [5, 5.41) is 4.18. The Labute approximate surface area is 131 Å². The highest BCUT2D eigenvalue weighted by atomic mass is 79.9. The summed E-state index contributed by atoms with van der Waals surface area (Å²) in [7, 11) is 0. The summed E-state index contributed by atoms with van der Waals surface area (Å²) in [5.41, 5.74) is 0. The molecule has 0 aliphatic carbocycles. The van der Waals surface area contributed by atoms with E-state index in [-0.39, 0.29) is 12.2 Å². The predicted octanol–water partition coefficient (Wildman–Crippen LogP) is 2.51. The second-order valence-electron chi connectivity index (χ2n) is 4.91. The summed E-state index contributed by atoms with van der Waals surface area (Å²) in [6, 6.07) is 9.66. The normalized spacial score (nSPS) is 22.1. The van der Waals surface area contributed by atoms with Gasteiger partial charge in [-0.2, -0.15) is 5.10 Å². The molecular weight excluding hydrogens is 336 g/mol. The first-order chi connectivity index (χ1) is 10.3. The van der Waals surface area contributed by atoms with Gasteiger partial charge in [-0.3, -0.25) is 4.68 Å². The van der Waals surface area contributed by atoms with Crippen LogP contribution < -0.4 is 4.74 Å². The van der Waals surface area contributed by atoms with Gasteiger partial charge in [0.05, 0.1) is 19.8 Å². The van der Waals surface area contributed by atoms with Crippen LogP contribution in [0.3, 0.4) is 0 Å². The van der Waals surface area contributed by atoms with Crippen molar-refractivity contribution in [2.75, 3.05) is 19.8 Å². The molecular formula is C15H17BrN2O3. The third kappa shape index (κ3) is 4.30. The standard InChI is InChI=1S/C15H17BrN2O3/c16-12-2-4-13(5-3-12)20-11-15-10-19-9-14(21-15)8-18-7-1-6-17-18/h1-7,14-15H,8-11H2. The average Bonchev–Trinajstić information content (AvgIpc) is 3.00. The van der Waals surface area contributed by atoms with Crippen LogP contribution in [0.25, 0.3) is 0 Å². The highest BCUT2D eigenvalue weighted by Crippen LogP contribution is 2.17. The van der Waals surface area contributed by atoms with Crippen molar-refractivity contribution in [3.8, 4) is 5.75 Å². The summed E-state index contributed by atoms with van der Waals surface area (Å²) in [6.45, 7) is 2.33. The van der Waals surface area contributed by atoms with Gasteiger partial charge in [0.15, 0.2) is 0 Å². The Balaban J connectivity index is 1.48. The quantitative estimate of drug-likeness (QED) is 0.829. The Morgan fingerprint density at radius 3 is 2.81 bits per heavy atom. The molecule has 1 fully saturated rings. The van der Waals surface area contributed by atoms with Gasteiger partial charge in [-0.15, -0.1) is 0 Å². The number of halogens is 1. The minimum atomic E-state index is -0.0528. The van der Waals surface area contributed by atoms with Crippen LogP contribution in [-0.2, 0) is 16.0 Å². The number of aromatic nitrogens is 2. The molecule has 2 atom stereocenters. The highest BCUT2D eigenvalue weighted by molar-refractivity contribution is 9.10. The van der Waals surface area contributed by atoms with Gasteiger partial charge in [0.1, 0.15) is 24.6 Å². The molecule has 2 heterocycles. The molecule has 0 N–H and O–H groups in total. The molecule has 2 aromatic rings. The summed E-state index contributed by atoms with van der Waals surface area (Å²) >= 11 is 3.40. The van der Waals surface area contributed by atoms with Crippen molar-refractivity contribution in [2.24, 2.45) is 0 Å². The number of benzene rings is 1. The van der Waals surface area contributed by atoms with Crippen molar-refractivity contribution in [3.05, 3.63) is 47.2 Å². The average molecular weight is 353 g/mol. The Bertz CT molecular complexity index is 545.